The molecule has 3 unspecified atom stereocenters. The zero-order chi connectivity index (χ0) is 20.0. The minimum Gasteiger partial charge on any atom is -0.481 e. The minimum atomic E-state index is -0.685. The molecule has 6 heteroatoms. The van der Waals surface area contributed by atoms with Crippen molar-refractivity contribution in [3.63, 3.8) is 0 Å². The van der Waals surface area contributed by atoms with Crippen LogP contribution in [0.3, 0.4) is 0 Å². The zero-order valence-electron chi connectivity index (χ0n) is 16.6. The van der Waals surface area contributed by atoms with Crippen molar-refractivity contribution in [3.05, 3.63) is 30.0 Å². The number of piperidine rings is 1. The summed E-state index contributed by atoms with van der Waals surface area (Å²) in [6.07, 6.45) is 9.02. The summed E-state index contributed by atoms with van der Waals surface area (Å²) in [5.41, 5.74) is 2.56. The second-order valence-electron chi connectivity index (χ2n) is 8.82. The highest BCUT2D eigenvalue weighted by Crippen LogP contribution is 2.45. The molecule has 2 heterocycles. The van der Waals surface area contributed by atoms with Crippen LogP contribution < -0.4 is 0 Å². The predicted molar refractivity (Wildman–Crippen MR) is 114 cm³/mol. The lowest BCUT2D eigenvalue weighted by atomic mass is 9.71. The van der Waals surface area contributed by atoms with Gasteiger partial charge in [0.25, 0.3) is 0 Å². The van der Waals surface area contributed by atoms with Crippen LogP contribution in [0, 0.1) is 11.8 Å². The van der Waals surface area contributed by atoms with Gasteiger partial charge in [0.2, 0.25) is 5.91 Å². The minimum absolute atomic E-state index is 0.108. The lowest BCUT2D eigenvalue weighted by Gasteiger charge is -2.46. The molecule has 1 aromatic heterocycles. The fraction of sp³-hybridized carbons (Fsp3) is 0.565. The number of fused-ring (bicyclic) bond motifs is 2. The summed E-state index contributed by atoms with van der Waals surface area (Å²) in [6.45, 7) is 0.772. The topological polar surface area (TPSA) is 73.4 Å². The molecule has 0 radical (unpaired) electrons. The van der Waals surface area contributed by atoms with Gasteiger partial charge in [0.15, 0.2) is 0 Å². The van der Waals surface area contributed by atoms with Crippen molar-refractivity contribution in [1.82, 2.24) is 9.88 Å². The second kappa shape index (κ2) is 7.71. The summed E-state index contributed by atoms with van der Waals surface area (Å²) in [4.78, 5) is 31.3. The fourth-order valence-corrected chi connectivity index (χ4v) is 6.51. The van der Waals surface area contributed by atoms with Crippen LogP contribution in [-0.4, -0.2) is 45.2 Å². The first kappa shape index (κ1) is 19.0. The molecule has 3 fully saturated rings. The number of aromatic nitrogens is 1. The molecule has 2 saturated carbocycles. The summed E-state index contributed by atoms with van der Waals surface area (Å²) in [6, 6.07) is 6.55. The molecule has 154 valence electrons. The second-order valence-corrected chi connectivity index (χ2v) is 9.84. The smallest absolute Gasteiger partial charge is 0.306 e. The summed E-state index contributed by atoms with van der Waals surface area (Å²) < 4.78 is 0. The summed E-state index contributed by atoms with van der Waals surface area (Å²) in [5, 5.41) is 10.9. The number of carboxylic acids is 1. The highest BCUT2D eigenvalue weighted by atomic mass is 32.2. The SMILES string of the molecule is O=C(O)C1CCCC2C1CCCN2C(=O)CSc1c[nH]c2cccc(C3CC3)c12. The molecular weight excluding hydrogens is 384 g/mol. The Labute approximate surface area is 175 Å². The Kier molecular flexibility index (Phi) is 5.06. The summed E-state index contributed by atoms with van der Waals surface area (Å²) >= 11 is 1.63. The third kappa shape index (κ3) is 3.56. The molecule has 5 rings (SSSR count). The van der Waals surface area contributed by atoms with Crippen molar-refractivity contribution in [1.29, 1.82) is 0 Å². The lowest BCUT2D eigenvalue weighted by Crippen LogP contribution is -2.53. The number of aliphatic carboxylic acids is 1. The average molecular weight is 413 g/mol. The van der Waals surface area contributed by atoms with Crippen LogP contribution in [0.25, 0.3) is 10.9 Å². The van der Waals surface area contributed by atoms with E-state index in [4.69, 9.17) is 0 Å². The van der Waals surface area contributed by atoms with Gasteiger partial charge in [0.05, 0.1) is 11.7 Å². The number of amides is 1. The van der Waals surface area contributed by atoms with Crippen molar-refractivity contribution in [2.45, 2.75) is 61.8 Å². The molecule has 0 bridgehead atoms. The van der Waals surface area contributed by atoms with Crippen LogP contribution in [0.4, 0.5) is 0 Å². The van der Waals surface area contributed by atoms with E-state index in [9.17, 15) is 14.7 Å². The van der Waals surface area contributed by atoms with Crippen molar-refractivity contribution in [2.75, 3.05) is 12.3 Å². The van der Waals surface area contributed by atoms with Crippen molar-refractivity contribution >= 4 is 34.5 Å². The van der Waals surface area contributed by atoms with Gasteiger partial charge in [0.1, 0.15) is 0 Å². The van der Waals surface area contributed by atoms with Crippen LogP contribution in [0.15, 0.2) is 29.3 Å². The summed E-state index contributed by atoms with van der Waals surface area (Å²) in [5.74, 6) is 0.406. The maximum Gasteiger partial charge on any atom is 0.306 e. The number of carboxylic acid groups (broad SMARTS) is 1. The van der Waals surface area contributed by atoms with Crippen LogP contribution >= 0.6 is 11.8 Å². The van der Waals surface area contributed by atoms with Crippen molar-refractivity contribution < 1.29 is 14.7 Å². The Hall–Kier alpha value is -1.95. The molecule has 5 nitrogen and oxygen atoms in total. The van der Waals surface area contributed by atoms with E-state index in [2.05, 4.69) is 23.2 Å². The van der Waals surface area contributed by atoms with E-state index in [-0.39, 0.29) is 23.8 Å². The Morgan fingerprint density at radius 3 is 2.79 bits per heavy atom. The van der Waals surface area contributed by atoms with E-state index in [1.165, 1.54) is 23.8 Å². The monoisotopic (exact) mass is 412 g/mol. The third-order valence-corrected chi connectivity index (χ3v) is 8.09. The van der Waals surface area contributed by atoms with E-state index in [0.29, 0.717) is 11.7 Å². The van der Waals surface area contributed by atoms with Crippen LogP contribution in [0.2, 0.25) is 0 Å². The molecule has 2 aromatic rings. The van der Waals surface area contributed by atoms with Gasteiger partial charge in [-0.2, -0.15) is 0 Å². The maximum atomic E-state index is 13.1. The third-order valence-electron chi connectivity index (χ3n) is 7.07. The van der Waals surface area contributed by atoms with Crippen LogP contribution in [-0.2, 0) is 9.59 Å². The van der Waals surface area contributed by atoms with Gasteiger partial charge < -0.3 is 15.0 Å². The predicted octanol–water partition coefficient (Wildman–Crippen LogP) is 4.63. The molecule has 1 aliphatic heterocycles. The molecule has 1 aromatic carbocycles. The first-order valence-corrected chi connectivity index (χ1v) is 11.9. The van der Waals surface area contributed by atoms with Crippen LogP contribution in [0.1, 0.15) is 56.4 Å². The van der Waals surface area contributed by atoms with Gasteiger partial charge in [-0.15, -0.1) is 11.8 Å². The Morgan fingerprint density at radius 2 is 2.00 bits per heavy atom. The number of rotatable bonds is 5. The van der Waals surface area contributed by atoms with Gasteiger partial charge >= 0.3 is 5.97 Å². The highest BCUT2D eigenvalue weighted by Gasteiger charge is 2.43. The van der Waals surface area contributed by atoms with Crippen molar-refractivity contribution in [3.8, 4) is 0 Å². The molecular formula is C23H28N2O3S. The number of benzene rings is 1. The summed E-state index contributed by atoms with van der Waals surface area (Å²) in [7, 11) is 0. The lowest BCUT2D eigenvalue weighted by molar-refractivity contribution is -0.151. The van der Waals surface area contributed by atoms with Gasteiger partial charge in [0, 0.05) is 34.6 Å². The van der Waals surface area contributed by atoms with Gasteiger partial charge in [-0.1, -0.05) is 18.6 Å². The highest BCUT2D eigenvalue weighted by molar-refractivity contribution is 8.00. The number of carbonyl (C=O) groups is 2. The Morgan fingerprint density at radius 1 is 1.14 bits per heavy atom. The number of carbonyl (C=O) groups excluding carboxylic acids is 1. The number of hydrogen-bond acceptors (Lipinski definition) is 3. The number of likely N-dealkylation sites (tertiary alicyclic amines) is 1. The number of aromatic amines is 1. The van der Waals surface area contributed by atoms with Gasteiger partial charge in [-0.3, -0.25) is 9.59 Å². The van der Waals surface area contributed by atoms with Gasteiger partial charge in [-0.25, -0.2) is 0 Å². The van der Waals surface area contributed by atoms with E-state index >= 15 is 0 Å². The van der Waals surface area contributed by atoms with Crippen molar-refractivity contribution in [2.24, 2.45) is 11.8 Å². The number of nitrogens with one attached hydrogen (secondary N) is 1. The first-order valence-electron chi connectivity index (χ1n) is 10.9. The number of hydrogen-bond donors (Lipinski definition) is 2. The maximum absolute atomic E-state index is 13.1. The average Bonchev–Trinajstić information content (AvgIpc) is 3.50. The number of thioether (sulfide) groups is 1. The van der Waals surface area contributed by atoms with E-state index in [1.54, 1.807) is 11.8 Å². The normalized spacial score (nSPS) is 27.0. The molecule has 1 saturated heterocycles. The van der Waals surface area contributed by atoms with Gasteiger partial charge in [-0.05, 0) is 62.0 Å². The first-order chi connectivity index (χ1) is 14.1. The quantitative estimate of drug-likeness (QED) is 0.702. The largest absolute Gasteiger partial charge is 0.481 e. The fourth-order valence-electron chi connectivity index (χ4n) is 5.55. The number of nitrogens with zero attached hydrogens (tertiary/aromatic N) is 1. The number of H-pyrrole nitrogens is 1. The standard InChI is InChI=1S/C23H28N2O3S/c26-21(25-11-3-6-16-17(23(27)28)5-2-8-19(16)25)13-29-20-12-24-18-7-1-4-15(22(18)20)14-9-10-14/h1,4,7,12,14,16-17,19,24H,2-3,5-6,8-11,13H2,(H,27,28). The molecule has 1 amide bonds. The molecule has 0 spiro atoms. The molecule has 3 aliphatic rings. The molecule has 29 heavy (non-hydrogen) atoms. The molecule has 3 atom stereocenters. The Balaban J connectivity index is 1.31. The van der Waals surface area contributed by atoms with E-state index < -0.39 is 5.97 Å². The van der Waals surface area contributed by atoms with Crippen LogP contribution in [0.5, 0.6) is 0 Å². The van der Waals surface area contributed by atoms with E-state index in [0.717, 1.165) is 49.1 Å². The molecule has 2 aliphatic carbocycles. The Bertz CT molecular complexity index is 935. The van der Waals surface area contributed by atoms with E-state index in [1.807, 2.05) is 11.1 Å². The zero-order valence-corrected chi connectivity index (χ0v) is 17.4. The molecule has 2 N–H and O–H groups in total.